The topological polar surface area (TPSA) is 24.8 Å². The number of aryl methyl sites for hydroxylation is 1. The van der Waals surface area contributed by atoms with Gasteiger partial charge in [-0.1, -0.05) is 29.8 Å². The van der Waals surface area contributed by atoms with Crippen molar-refractivity contribution in [3.63, 3.8) is 0 Å². The van der Waals surface area contributed by atoms with Crippen molar-refractivity contribution in [2.75, 3.05) is 39.4 Å². The first kappa shape index (κ1) is 13.2. The predicted octanol–water partition coefficient (Wildman–Crippen LogP) is 2.14. The Morgan fingerprint density at radius 2 is 1.94 bits per heavy atom. The van der Waals surface area contributed by atoms with Gasteiger partial charge in [-0.2, -0.15) is 0 Å². The van der Waals surface area contributed by atoms with Gasteiger partial charge < -0.3 is 4.74 Å². The zero-order chi connectivity index (χ0) is 12.6. The van der Waals surface area contributed by atoms with Gasteiger partial charge in [0.1, 0.15) is 0 Å². The molecule has 0 saturated carbocycles. The fourth-order valence-corrected chi connectivity index (χ4v) is 2.03. The predicted molar refractivity (Wildman–Crippen MR) is 75.5 cm³/mol. The summed E-state index contributed by atoms with van der Waals surface area (Å²) in [5.41, 5.74) is 2.48. The van der Waals surface area contributed by atoms with Crippen molar-refractivity contribution in [2.45, 2.75) is 13.3 Å². The normalized spacial score (nSPS) is 17.4. The summed E-state index contributed by atoms with van der Waals surface area (Å²) in [7, 11) is 0. The molecule has 0 unspecified atom stereocenters. The summed E-state index contributed by atoms with van der Waals surface area (Å²) in [6, 6.07) is 8.46. The van der Waals surface area contributed by atoms with Gasteiger partial charge in [0.15, 0.2) is 0 Å². The lowest BCUT2D eigenvalue weighted by Gasteiger charge is -2.26. The molecule has 1 aliphatic rings. The molecule has 1 saturated heterocycles. The fourth-order valence-electron chi connectivity index (χ4n) is 2.03. The summed E-state index contributed by atoms with van der Waals surface area (Å²) >= 11 is 0. The molecule has 1 aliphatic heterocycles. The average Bonchev–Trinajstić information content (AvgIpc) is 2.42. The van der Waals surface area contributed by atoms with E-state index in [-0.39, 0.29) is 0 Å². The van der Waals surface area contributed by atoms with Crippen LogP contribution in [0, 0.1) is 6.92 Å². The van der Waals surface area contributed by atoms with E-state index in [1.165, 1.54) is 11.1 Å². The maximum absolute atomic E-state index is 5.32. The number of morpholine rings is 1. The number of hydrogen-bond donors (Lipinski definition) is 0. The lowest BCUT2D eigenvalue weighted by molar-refractivity contribution is 0.0377. The van der Waals surface area contributed by atoms with Crippen LogP contribution >= 0.6 is 0 Å². The second-order valence-electron chi connectivity index (χ2n) is 4.75. The van der Waals surface area contributed by atoms with Gasteiger partial charge in [0.25, 0.3) is 0 Å². The molecule has 1 heterocycles. The zero-order valence-electron chi connectivity index (χ0n) is 11.1. The minimum atomic E-state index is 0.882. The molecule has 98 valence electrons. The molecule has 0 N–H and O–H groups in total. The average molecular weight is 246 g/mol. The molecule has 2 rings (SSSR count). The first-order chi connectivity index (χ1) is 8.84. The molecule has 0 radical (unpaired) electrons. The number of ether oxygens (including phenoxy) is 1. The van der Waals surface area contributed by atoms with Crippen molar-refractivity contribution in [3.8, 4) is 0 Å². The van der Waals surface area contributed by atoms with Crippen LogP contribution in [0.3, 0.4) is 0 Å². The van der Waals surface area contributed by atoms with E-state index >= 15 is 0 Å². The van der Waals surface area contributed by atoms with Crippen LogP contribution in [0.5, 0.6) is 0 Å². The largest absolute Gasteiger partial charge is 0.379 e. The minimum absolute atomic E-state index is 0.882. The summed E-state index contributed by atoms with van der Waals surface area (Å²) in [6.07, 6.45) is 3.10. The number of aliphatic imine (C=N–C) groups is 1. The van der Waals surface area contributed by atoms with E-state index in [9.17, 15) is 0 Å². The number of nitrogens with zero attached hydrogens (tertiary/aromatic N) is 2. The van der Waals surface area contributed by atoms with E-state index in [0.29, 0.717) is 0 Å². The van der Waals surface area contributed by atoms with Crippen LogP contribution in [0.4, 0.5) is 0 Å². The smallest absolute Gasteiger partial charge is 0.0594 e. The Morgan fingerprint density at radius 1 is 1.22 bits per heavy atom. The van der Waals surface area contributed by atoms with Crippen LogP contribution in [-0.4, -0.2) is 50.5 Å². The van der Waals surface area contributed by atoms with E-state index in [0.717, 1.165) is 45.8 Å². The SMILES string of the molecule is Cc1ccc(C=NCCCN2CCOCC2)cc1. The van der Waals surface area contributed by atoms with Gasteiger partial charge in [-0.05, 0) is 18.9 Å². The Balaban J connectivity index is 1.63. The summed E-state index contributed by atoms with van der Waals surface area (Å²) in [5.74, 6) is 0. The molecule has 0 bridgehead atoms. The van der Waals surface area contributed by atoms with Crippen molar-refractivity contribution in [1.29, 1.82) is 0 Å². The number of benzene rings is 1. The third-order valence-corrected chi connectivity index (χ3v) is 3.18. The molecule has 1 aromatic carbocycles. The van der Waals surface area contributed by atoms with E-state index < -0.39 is 0 Å². The third-order valence-electron chi connectivity index (χ3n) is 3.18. The molecule has 0 spiro atoms. The number of hydrogen-bond acceptors (Lipinski definition) is 3. The van der Waals surface area contributed by atoms with Crippen molar-refractivity contribution in [1.82, 2.24) is 4.90 Å². The molecule has 1 aromatic rings. The monoisotopic (exact) mass is 246 g/mol. The van der Waals surface area contributed by atoms with Crippen molar-refractivity contribution >= 4 is 6.21 Å². The molecule has 3 nitrogen and oxygen atoms in total. The van der Waals surface area contributed by atoms with Gasteiger partial charge in [-0.3, -0.25) is 9.89 Å². The molecular weight excluding hydrogens is 224 g/mol. The van der Waals surface area contributed by atoms with Gasteiger partial charge in [0.2, 0.25) is 0 Å². The Kier molecular flexibility index (Phi) is 5.36. The van der Waals surface area contributed by atoms with E-state index in [1.807, 2.05) is 6.21 Å². The third kappa shape index (κ3) is 4.59. The standard InChI is InChI=1S/C15H22N2O/c1-14-3-5-15(6-4-14)13-16-7-2-8-17-9-11-18-12-10-17/h3-6,13H,2,7-12H2,1H3. The highest BCUT2D eigenvalue weighted by atomic mass is 16.5. The quantitative estimate of drug-likeness (QED) is 0.587. The molecule has 1 fully saturated rings. The van der Waals surface area contributed by atoms with Gasteiger partial charge >= 0.3 is 0 Å². The van der Waals surface area contributed by atoms with Gasteiger partial charge in [-0.15, -0.1) is 0 Å². The molecule has 3 heteroatoms. The van der Waals surface area contributed by atoms with Crippen LogP contribution in [0.15, 0.2) is 29.3 Å². The Hall–Kier alpha value is -1.19. The van der Waals surface area contributed by atoms with Crippen molar-refractivity contribution in [2.24, 2.45) is 4.99 Å². The Morgan fingerprint density at radius 3 is 2.67 bits per heavy atom. The summed E-state index contributed by atoms with van der Waals surface area (Å²) in [6.45, 7) is 8.05. The van der Waals surface area contributed by atoms with Gasteiger partial charge in [0.05, 0.1) is 13.2 Å². The lowest BCUT2D eigenvalue weighted by atomic mass is 10.2. The van der Waals surface area contributed by atoms with Crippen LogP contribution in [-0.2, 0) is 4.74 Å². The Labute approximate surface area is 109 Å². The molecular formula is C15H22N2O. The van der Waals surface area contributed by atoms with E-state index in [4.69, 9.17) is 4.74 Å². The Bertz CT molecular complexity index is 367. The van der Waals surface area contributed by atoms with Gasteiger partial charge in [-0.25, -0.2) is 0 Å². The zero-order valence-corrected chi connectivity index (χ0v) is 11.1. The molecule has 0 atom stereocenters. The second-order valence-corrected chi connectivity index (χ2v) is 4.75. The highest BCUT2D eigenvalue weighted by Gasteiger charge is 2.08. The van der Waals surface area contributed by atoms with Crippen molar-refractivity contribution < 1.29 is 4.74 Å². The molecule has 0 aliphatic carbocycles. The number of rotatable bonds is 5. The van der Waals surface area contributed by atoms with E-state index in [2.05, 4.69) is 41.1 Å². The summed E-state index contributed by atoms with van der Waals surface area (Å²) < 4.78 is 5.32. The van der Waals surface area contributed by atoms with Crippen molar-refractivity contribution in [3.05, 3.63) is 35.4 Å². The van der Waals surface area contributed by atoms with Crippen LogP contribution in [0.2, 0.25) is 0 Å². The van der Waals surface area contributed by atoms with Crippen LogP contribution < -0.4 is 0 Å². The first-order valence-electron chi connectivity index (χ1n) is 6.71. The van der Waals surface area contributed by atoms with Gasteiger partial charge in [0, 0.05) is 32.4 Å². The fraction of sp³-hybridized carbons (Fsp3) is 0.533. The minimum Gasteiger partial charge on any atom is -0.379 e. The maximum Gasteiger partial charge on any atom is 0.0594 e. The molecule has 0 aromatic heterocycles. The van der Waals surface area contributed by atoms with Crippen LogP contribution in [0.25, 0.3) is 0 Å². The van der Waals surface area contributed by atoms with Crippen LogP contribution in [0.1, 0.15) is 17.5 Å². The highest BCUT2D eigenvalue weighted by molar-refractivity contribution is 5.79. The van der Waals surface area contributed by atoms with E-state index in [1.54, 1.807) is 0 Å². The lowest BCUT2D eigenvalue weighted by Crippen LogP contribution is -2.37. The maximum atomic E-state index is 5.32. The summed E-state index contributed by atoms with van der Waals surface area (Å²) in [4.78, 5) is 6.92. The molecule has 0 amide bonds. The first-order valence-corrected chi connectivity index (χ1v) is 6.71. The summed E-state index contributed by atoms with van der Waals surface area (Å²) in [5, 5.41) is 0. The highest BCUT2D eigenvalue weighted by Crippen LogP contribution is 2.01. The molecule has 18 heavy (non-hydrogen) atoms. The second kappa shape index (κ2) is 7.29.